The van der Waals surface area contributed by atoms with Crippen molar-refractivity contribution in [2.75, 3.05) is 6.54 Å². The average Bonchev–Trinajstić information content (AvgIpc) is 2.69. The van der Waals surface area contributed by atoms with Crippen molar-refractivity contribution in [2.45, 2.75) is 39.8 Å². The molecule has 1 aliphatic heterocycles. The van der Waals surface area contributed by atoms with Gasteiger partial charge in [-0.2, -0.15) is 0 Å². The molecule has 1 fully saturated rings. The number of aryl methyl sites for hydroxylation is 1. The fourth-order valence-corrected chi connectivity index (χ4v) is 2.92. The van der Waals surface area contributed by atoms with Gasteiger partial charge in [-0.1, -0.05) is 24.2 Å². The maximum atomic E-state index is 8.70. The van der Waals surface area contributed by atoms with Crippen molar-refractivity contribution in [3.05, 3.63) is 34.9 Å². The van der Waals surface area contributed by atoms with Crippen molar-refractivity contribution in [3.8, 4) is 0 Å². The van der Waals surface area contributed by atoms with Crippen LogP contribution >= 0.6 is 0 Å². The first-order valence-corrected chi connectivity index (χ1v) is 6.82. The minimum Gasteiger partial charge on any atom is -0.409 e. The molecule has 1 saturated heterocycles. The summed E-state index contributed by atoms with van der Waals surface area (Å²) < 4.78 is 0. The highest BCUT2D eigenvalue weighted by molar-refractivity contribution is 5.97. The van der Waals surface area contributed by atoms with Crippen LogP contribution < -0.4 is 5.73 Å². The zero-order valence-corrected chi connectivity index (χ0v) is 11.9. The Labute approximate surface area is 114 Å². The molecule has 1 aromatic carbocycles. The average molecular weight is 261 g/mol. The highest BCUT2D eigenvalue weighted by atomic mass is 16.4. The van der Waals surface area contributed by atoms with Crippen LogP contribution in [0.5, 0.6) is 0 Å². The molecule has 0 aromatic heterocycles. The summed E-state index contributed by atoms with van der Waals surface area (Å²) in [5, 5.41) is 11.7. The normalized spacial score (nSPS) is 24.9. The zero-order chi connectivity index (χ0) is 14.0. The van der Waals surface area contributed by atoms with Crippen LogP contribution in [0.2, 0.25) is 0 Å². The van der Waals surface area contributed by atoms with Crippen LogP contribution in [-0.4, -0.2) is 28.5 Å². The van der Waals surface area contributed by atoms with Gasteiger partial charge in [-0.3, -0.25) is 4.90 Å². The topological polar surface area (TPSA) is 61.9 Å². The Kier molecular flexibility index (Phi) is 4.10. The Bertz CT molecular complexity index is 484. The molecular weight excluding hydrogens is 238 g/mol. The standard InChI is InChI=1S/C15H23N3O/c1-10-6-12(3)18(8-10)9-14-5-4-13(7-11(14)2)15(16)17-19/h4-5,7,10,12,19H,6,8-9H2,1-3H3,(H2,16,17). The molecule has 4 nitrogen and oxygen atoms in total. The minimum atomic E-state index is 0.165. The van der Waals surface area contributed by atoms with E-state index >= 15 is 0 Å². The van der Waals surface area contributed by atoms with E-state index in [2.05, 4.69) is 36.9 Å². The number of nitrogens with two attached hydrogens (primary N) is 1. The second-order valence-corrected chi connectivity index (χ2v) is 5.75. The van der Waals surface area contributed by atoms with E-state index in [-0.39, 0.29) is 5.84 Å². The second-order valence-electron chi connectivity index (χ2n) is 5.75. The third-order valence-electron chi connectivity index (χ3n) is 4.03. The summed E-state index contributed by atoms with van der Waals surface area (Å²) in [6, 6.07) is 6.63. The van der Waals surface area contributed by atoms with Crippen LogP contribution in [-0.2, 0) is 6.54 Å². The molecule has 2 rings (SSSR count). The van der Waals surface area contributed by atoms with Crippen LogP contribution in [0.3, 0.4) is 0 Å². The van der Waals surface area contributed by atoms with Gasteiger partial charge in [0.05, 0.1) is 0 Å². The number of amidine groups is 1. The van der Waals surface area contributed by atoms with Gasteiger partial charge in [-0.05, 0) is 43.4 Å². The van der Waals surface area contributed by atoms with Crippen molar-refractivity contribution >= 4 is 5.84 Å². The fraction of sp³-hybridized carbons (Fsp3) is 0.533. The molecule has 1 aromatic rings. The predicted octanol–water partition coefficient (Wildman–Crippen LogP) is 2.32. The van der Waals surface area contributed by atoms with Crippen LogP contribution in [0.1, 0.15) is 37.0 Å². The van der Waals surface area contributed by atoms with Gasteiger partial charge in [0.1, 0.15) is 0 Å². The van der Waals surface area contributed by atoms with Gasteiger partial charge in [-0.25, -0.2) is 0 Å². The Balaban J connectivity index is 2.14. The van der Waals surface area contributed by atoms with E-state index in [9.17, 15) is 0 Å². The highest BCUT2D eigenvalue weighted by Crippen LogP contribution is 2.25. The molecule has 0 bridgehead atoms. The molecule has 104 valence electrons. The SMILES string of the molecule is Cc1cc(/C(N)=N/O)ccc1CN1CC(C)CC1C. The minimum absolute atomic E-state index is 0.165. The number of oxime groups is 1. The quantitative estimate of drug-likeness (QED) is 0.380. The van der Waals surface area contributed by atoms with Gasteiger partial charge in [0.15, 0.2) is 5.84 Å². The van der Waals surface area contributed by atoms with E-state index in [1.54, 1.807) is 0 Å². The van der Waals surface area contributed by atoms with E-state index in [0.717, 1.165) is 18.0 Å². The van der Waals surface area contributed by atoms with Crippen molar-refractivity contribution in [1.29, 1.82) is 0 Å². The molecule has 1 aliphatic rings. The summed E-state index contributed by atoms with van der Waals surface area (Å²) >= 11 is 0. The molecule has 2 unspecified atom stereocenters. The largest absolute Gasteiger partial charge is 0.409 e. The lowest BCUT2D eigenvalue weighted by atomic mass is 10.0. The first-order valence-electron chi connectivity index (χ1n) is 6.82. The van der Waals surface area contributed by atoms with Crippen molar-refractivity contribution in [1.82, 2.24) is 4.90 Å². The first-order chi connectivity index (χ1) is 9.01. The van der Waals surface area contributed by atoms with Crippen LogP contribution in [0.25, 0.3) is 0 Å². The highest BCUT2D eigenvalue weighted by Gasteiger charge is 2.26. The molecule has 2 atom stereocenters. The summed E-state index contributed by atoms with van der Waals surface area (Å²) in [6.45, 7) is 8.83. The van der Waals surface area contributed by atoms with Gasteiger partial charge in [-0.15, -0.1) is 0 Å². The number of nitrogens with zero attached hydrogens (tertiary/aromatic N) is 2. The first kappa shape index (κ1) is 13.9. The van der Waals surface area contributed by atoms with Crippen LogP contribution in [0, 0.1) is 12.8 Å². The molecule has 4 heteroatoms. The predicted molar refractivity (Wildman–Crippen MR) is 77.3 cm³/mol. The maximum Gasteiger partial charge on any atom is 0.170 e. The number of rotatable bonds is 3. The van der Waals surface area contributed by atoms with Crippen molar-refractivity contribution < 1.29 is 5.21 Å². The molecule has 3 N–H and O–H groups in total. The summed E-state index contributed by atoms with van der Waals surface area (Å²) in [5.74, 6) is 0.949. The third kappa shape index (κ3) is 3.07. The zero-order valence-electron chi connectivity index (χ0n) is 11.9. The van der Waals surface area contributed by atoms with Crippen molar-refractivity contribution in [2.24, 2.45) is 16.8 Å². The summed E-state index contributed by atoms with van der Waals surface area (Å²) in [4.78, 5) is 2.52. The molecule has 19 heavy (non-hydrogen) atoms. The third-order valence-corrected chi connectivity index (χ3v) is 4.03. The lowest BCUT2D eigenvalue weighted by Crippen LogP contribution is -2.27. The Morgan fingerprint density at radius 2 is 2.21 bits per heavy atom. The molecule has 0 saturated carbocycles. The lowest BCUT2D eigenvalue weighted by molar-refractivity contribution is 0.256. The van der Waals surface area contributed by atoms with Crippen molar-refractivity contribution in [3.63, 3.8) is 0 Å². The van der Waals surface area contributed by atoms with Gasteiger partial charge >= 0.3 is 0 Å². The molecule has 1 heterocycles. The Morgan fingerprint density at radius 1 is 1.47 bits per heavy atom. The van der Waals surface area contributed by atoms with E-state index in [0.29, 0.717) is 6.04 Å². The molecular formula is C15H23N3O. The van der Waals surface area contributed by atoms with Gasteiger partial charge < -0.3 is 10.9 Å². The van der Waals surface area contributed by atoms with Gasteiger partial charge in [0, 0.05) is 24.7 Å². The molecule has 0 spiro atoms. The second kappa shape index (κ2) is 5.61. The van der Waals surface area contributed by atoms with E-state index in [1.165, 1.54) is 24.1 Å². The fourth-order valence-electron chi connectivity index (χ4n) is 2.92. The maximum absolute atomic E-state index is 8.70. The smallest absolute Gasteiger partial charge is 0.170 e. The van der Waals surface area contributed by atoms with Gasteiger partial charge in [0.2, 0.25) is 0 Å². The Morgan fingerprint density at radius 3 is 2.74 bits per heavy atom. The summed E-state index contributed by atoms with van der Waals surface area (Å²) in [5.41, 5.74) is 8.88. The number of hydrogen-bond donors (Lipinski definition) is 2. The van der Waals surface area contributed by atoms with E-state index in [1.807, 2.05) is 12.1 Å². The number of likely N-dealkylation sites (tertiary alicyclic amines) is 1. The van der Waals surface area contributed by atoms with Crippen LogP contribution in [0.15, 0.2) is 23.4 Å². The summed E-state index contributed by atoms with van der Waals surface area (Å²) in [7, 11) is 0. The van der Waals surface area contributed by atoms with Crippen LogP contribution in [0.4, 0.5) is 0 Å². The molecule has 0 aliphatic carbocycles. The number of benzene rings is 1. The monoisotopic (exact) mass is 261 g/mol. The summed E-state index contributed by atoms with van der Waals surface area (Å²) in [6.07, 6.45) is 1.28. The molecule has 0 amide bonds. The lowest BCUT2D eigenvalue weighted by Gasteiger charge is -2.22. The Hall–Kier alpha value is -1.55. The van der Waals surface area contributed by atoms with E-state index in [4.69, 9.17) is 10.9 Å². The van der Waals surface area contributed by atoms with E-state index < -0.39 is 0 Å². The van der Waals surface area contributed by atoms with Gasteiger partial charge in [0.25, 0.3) is 0 Å². The number of hydrogen-bond acceptors (Lipinski definition) is 3. The molecule has 0 radical (unpaired) electrons.